The number of para-hydroxylation sites is 1. The van der Waals surface area contributed by atoms with Crippen molar-refractivity contribution in [3.05, 3.63) is 69.3 Å². The standard InChI is InChI=1S/C27H35N3O4/c1-26(2,3)17-14-19(23(31)20(15-17)27(4,5)6)25(33)30(12-13-34-7)16-22-28-21-11-9-8-10-18(21)24(32)29-22/h8-11,14-15,31H,12-13,16H2,1-7H3,(H,28,29,32). The summed E-state index contributed by atoms with van der Waals surface area (Å²) in [5, 5.41) is 11.7. The highest BCUT2D eigenvalue weighted by Gasteiger charge is 2.29. The van der Waals surface area contributed by atoms with Crippen LogP contribution in [0.1, 0.15) is 68.9 Å². The molecule has 3 rings (SSSR count). The van der Waals surface area contributed by atoms with Crippen molar-refractivity contribution < 1.29 is 14.6 Å². The van der Waals surface area contributed by atoms with Crippen LogP contribution in [0, 0.1) is 0 Å². The van der Waals surface area contributed by atoms with Gasteiger partial charge in [-0.15, -0.1) is 0 Å². The molecule has 0 unspecified atom stereocenters. The summed E-state index contributed by atoms with van der Waals surface area (Å²) in [4.78, 5) is 35.2. The molecule has 2 aromatic carbocycles. The molecule has 2 N–H and O–H groups in total. The number of hydrogen-bond donors (Lipinski definition) is 2. The number of amides is 1. The number of nitrogens with one attached hydrogen (secondary N) is 1. The Kier molecular flexibility index (Phi) is 7.17. The summed E-state index contributed by atoms with van der Waals surface area (Å²) < 4.78 is 5.23. The molecular formula is C27H35N3O4. The number of aromatic hydroxyl groups is 1. The summed E-state index contributed by atoms with van der Waals surface area (Å²) in [5.74, 6) is 0.00509. The largest absolute Gasteiger partial charge is 0.507 e. The topological polar surface area (TPSA) is 95.5 Å². The minimum atomic E-state index is -0.358. The molecule has 0 aliphatic carbocycles. The molecule has 3 aromatic rings. The van der Waals surface area contributed by atoms with Crippen molar-refractivity contribution in [3.63, 3.8) is 0 Å². The third-order valence-electron chi connectivity index (χ3n) is 5.87. The Hall–Kier alpha value is -3.19. The number of fused-ring (bicyclic) bond motifs is 1. The van der Waals surface area contributed by atoms with E-state index in [4.69, 9.17) is 4.74 Å². The number of carbonyl (C=O) groups excluding carboxylic acids is 1. The van der Waals surface area contributed by atoms with E-state index in [1.807, 2.05) is 32.9 Å². The van der Waals surface area contributed by atoms with Crippen molar-refractivity contribution in [2.45, 2.75) is 58.9 Å². The van der Waals surface area contributed by atoms with Gasteiger partial charge in [-0.25, -0.2) is 4.98 Å². The minimum absolute atomic E-state index is 0.0205. The first-order valence-corrected chi connectivity index (χ1v) is 11.5. The third-order valence-corrected chi connectivity index (χ3v) is 5.87. The average Bonchev–Trinajstić information content (AvgIpc) is 2.74. The molecule has 1 heterocycles. The zero-order valence-electron chi connectivity index (χ0n) is 21.2. The molecule has 0 aliphatic heterocycles. The van der Waals surface area contributed by atoms with Crippen molar-refractivity contribution in [3.8, 4) is 5.75 Å². The highest BCUT2D eigenvalue weighted by molar-refractivity contribution is 5.97. The number of H-pyrrole nitrogens is 1. The Bertz CT molecular complexity index is 1250. The van der Waals surface area contributed by atoms with Gasteiger partial charge >= 0.3 is 0 Å². The third kappa shape index (κ3) is 5.47. The monoisotopic (exact) mass is 465 g/mol. The first-order valence-electron chi connectivity index (χ1n) is 11.5. The molecule has 0 aliphatic rings. The van der Waals surface area contributed by atoms with E-state index in [1.165, 1.54) is 0 Å². The minimum Gasteiger partial charge on any atom is -0.507 e. The lowest BCUT2D eigenvalue weighted by Crippen LogP contribution is -2.35. The maximum absolute atomic E-state index is 13.8. The molecule has 0 bridgehead atoms. The number of aromatic amines is 1. The smallest absolute Gasteiger partial charge is 0.258 e. The molecule has 0 fully saturated rings. The summed E-state index contributed by atoms with van der Waals surface area (Å²) in [5.41, 5.74) is 1.64. The van der Waals surface area contributed by atoms with Crippen LogP contribution in [0.15, 0.2) is 41.2 Å². The van der Waals surface area contributed by atoms with Crippen LogP contribution in [-0.4, -0.2) is 46.1 Å². The van der Waals surface area contributed by atoms with Gasteiger partial charge in [0.05, 0.1) is 29.6 Å². The van der Waals surface area contributed by atoms with Gasteiger partial charge in [0, 0.05) is 19.2 Å². The van der Waals surface area contributed by atoms with Crippen molar-refractivity contribution in [2.24, 2.45) is 0 Å². The molecule has 0 saturated heterocycles. The van der Waals surface area contributed by atoms with Crippen LogP contribution in [-0.2, 0) is 22.1 Å². The Morgan fingerprint density at radius 2 is 1.76 bits per heavy atom. The van der Waals surface area contributed by atoms with Crippen LogP contribution >= 0.6 is 0 Å². The number of phenols is 1. The second-order valence-electron chi connectivity index (χ2n) is 10.7. The number of methoxy groups -OCH3 is 1. The Morgan fingerprint density at radius 1 is 1.09 bits per heavy atom. The Morgan fingerprint density at radius 3 is 2.38 bits per heavy atom. The van der Waals surface area contributed by atoms with Crippen LogP contribution in [0.5, 0.6) is 5.75 Å². The fourth-order valence-corrected chi connectivity index (χ4v) is 3.82. The predicted octanol–water partition coefficient (Wildman–Crippen LogP) is 4.51. The predicted molar refractivity (Wildman–Crippen MR) is 134 cm³/mol. The molecule has 0 atom stereocenters. The molecule has 182 valence electrons. The van der Waals surface area contributed by atoms with E-state index in [1.54, 1.807) is 36.3 Å². The van der Waals surface area contributed by atoms with Gasteiger partial charge in [0.2, 0.25) is 0 Å². The fraction of sp³-hybridized carbons (Fsp3) is 0.444. The lowest BCUT2D eigenvalue weighted by atomic mass is 9.78. The fourth-order valence-electron chi connectivity index (χ4n) is 3.82. The van der Waals surface area contributed by atoms with E-state index in [0.29, 0.717) is 28.9 Å². The quantitative estimate of drug-likeness (QED) is 0.558. The van der Waals surface area contributed by atoms with E-state index in [9.17, 15) is 14.7 Å². The molecule has 7 nitrogen and oxygen atoms in total. The number of nitrogens with zero attached hydrogens (tertiary/aromatic N) is 2. The van der Waals surface area contributed by atoms with Gasteiger partial charge in [0.15, 0.2) is 0 Å². The van der Waals surface area contributed by atoms with Crippen molar-refractivity contribution >= 4 is 16.8 Å². The highest BCUT2D eigenvalue weighted by Crippen LogP contribution is 2.38. The summed E-state index contributed by atoms with van der Waals surface area (Å²) in [6.07, 6.45) is 0. The van der Waals surface area contributed by atoms with Crippen molar-refractivity contribution in [1.82, 2.24) is 14.9 Å². The van der Waals surface area contributed by atoms with E-state index < -0.39 is 0 Å². The molecule has 1 amide bonds. The van der Waals surface area contributed by atoms with Gasteiger partial charge in [-0.1, -0.05) is 59.7 Å². The summed E-state index contributed by atoms with van der Waals surface area (Å²) in [6.45, 7) is 12.9. The van der Waals surface area contributed by atoms with Gasteiger partial charge in [-0.3, -0.25) is 9.59 Å². The van der Waals surface area contributed by atoms with Crippen LogP contribution < -0.4 is 5.56 Å². The van der Waals surface area contributed by atoms with Crippen molar-refractivity contribution in [2.75, 3.05) is 20.3 Å². The first kappa shape index (κ1) is 25.4. The molecular weight excluding hydrogens is 430 g/mol. The SMILES string of the molecule is COCCN(Cc1nc2ccccc2c(=O)[nH]1)C(=O)c1cc(C(C)(C)C)cc(C(C)(C)C)c1O. The van der Waals surface area contributed by atoms with Gasteiger partial charge in [-0.2, -0.15) is 0 Å². The maximum atomic E-state index is 13.8. The summed E-state index contributed by atoms with van der Waals surface area (Å²) >= 11 is 0. The maximum Gasteiger partial charge on any atom is 0.258 e. The number of ether oxygens (including phenoxy) is 1. The average molecular weight is 466 g/mol. The Balaban J connectivity index is 2.09. The Labute approximate surface area is 200 Å². The number of carbonyl (C=O) groups is 1. The zero-order valence-corrected chi connectivity index (χ0v) is 21.2. The molecule has 34 heavy (non-hydrogen) atoms. The van der Waals surface area contributed by atoms with Gasteiger partial charge in [0.1, 0.15) is 11.6 Å². The van der Waals surface area contributed by atoms with Crippen LogP contribution in [0.25, 0.3) is 10.9 Å². The van der Waals surface area contributed by atoms with E-state index >= 15 is 0 Å². The van der Waals surface area contributed by atoms with Crippen LogP contribution in [0.3, 0.4) is 0 Å². The van der Waals surface area contributed by atoms with Crippen LogP contribution in [0.2, 0.25) is 0 Å². The highest BCUT2D eigenvalue weighted by atomic mass is 16.5. The zero-order chi connectivity index (χ0) is 25.3. The van der Waals surface area contributed by atoms with E-state index in [0.717, 1.165) is 5.56 Å². The first-order chi connectivity index (χ1) is 15.8. The van der Waals surface area contributed by atoms with Crippen molar-refractivity contribution in [1.29, 1.82) is 0 Å². The number of hydrogen-bond acceptors (Lipinski definition) is 5. The van der Waals surface area contributed by atoms with Crippen LogP contribution in [0.4, 0.5) is 0 Å². The number of benzene rings is 2. The normalized spacial score (nSPS) is 12.2. The summed E-state index contributed by atoms with van der Waals surface area (Å²) in [6, 6.07) is 10.8. The number of rotatable bonds is 6. The van der Waals surface area contributed by atoms with E-state index in [2.05, 4.69) is 30.7 Å². The van der Waals surface area contributed by atoms with E-state index in [-0.39, 0.29) is 46.7 Å². The molecule has 7 heteroatoms. The number of phenolic OH excluding ortho intramolecular Hbond substituents is 1. The van der Waals surface area contributed by atoms with Gasteiger partial charge < -0.3 is 19.7 Å². The second-order valence-corrected chi connectivity index (χ2v) is 10.7. The lowest BCUT2D eigenvalue weighted by Gasteiger charge is -2.29. The van der Waals surface area contributed by atoms with Gasteiger partial charge in [0.25, 0.3) is 11.5 Å². The lowest BCUT2D eigenvalue weighted by molar-refractivity contribution is 0.0671. The molecule has 0 radical (unpaired) electrons. The summed E-state index contributed by atoms with van der Waals surface area (Å²) in [7, 11) is 1.56. The second kappa shape index (κ2) is 9.58. The van der Waals surface area contributed by atoms with Gasteiger partial charge in [-0.05, 0) is 34.6 Å². The molecule has 1 aromatic heterocycles. The number of aromatic nitrogens is 2. The molecule has 0 spiro atoms. The molecule has 0 saturated carbocycles.